The molecular formula is C15H20F3NS. The normalized spacial score (nSPS) is 23.9. The van der Waals surface area contributed by atoms with Gasteiger partial charge in [0.2, 0.25) is 0 Å². The van der Waals surface area contributed by atoms with E-state index in [-0.39, 0.29) is 6.54 Å². The predicted octanol–water partition coefficient (Wildman–Crippen LogP) is 4.83. The zero-order valence-electron chi connectivity index (χ0n) is 11.5. The van der Waals surface area contributed by atoms with E-state index < -0.39 is 11.7 Å². The lowest BCUT2D eigenvalue weighted by Crippen LogP contribution is -2.16. The summed E-state index contributed by atoms with van der Waals surface area (Å²) in [7, 11) is 0. The molecule has 2 rings (SSSR count). The average Bonchev–Trinajstić information content (AvgIpc) is 2.38. The van der Waals surface area contributed by atoms with Crippen molar-refractivity contribution in [2.24, 2.45) is 11.7 Å². The van der Waals surface area contributed by atoms with Gasteiger partial charge in [0.05, 0.1) is 5.56 Å². The fourth-order valence-corrected chi connectivity index (χ4v) is 4.21. The number of benzene rings is 1. The molecular weight excluding hydrogens is 283 g/mol. The van der Waals surface area contributed by atoms with Crippen molar-refractivity contribution in [2.45, 2.75) is 55.5 Å². The Morgan fingerprint density at radius 1 is 1.30 bits per heavy atom. The lowest BCUT2D eigenvalue weighted by molar-refractivity contribution is -0.139. The van der Waals surface area contributed by atoms with E-state index in [4.69, 9.17) is 5.73 Å². The molecule has 112 valence electrons. The molecule has 1 aromatic rings. The van der Waals surface area contributed by atoms with E-state index >= 15 is 0 Å². The molecule has 0 aromatic heterocycles. The first-order valence-corrected chi connectivity index (χ1v) is 7.85. The van der Waals surface area contributed by atoms with Crippen molar-refractivity contribution in [2.75, 3.05) is 0 Å². The summed E-state index contributed by atoms with van der Waals surface area (Å²) in [5, 5.41) is 0.295. The summed E-state index contributed by atoms with van der Waals surface area (Å²) >= 11 is 1.38. The van der Waals surface area contributed by atoms with Crippen LogP contribution < -0.4 is 5.73 Å². The summed E-state index contributed by atoms with van der Waals surface area (Å²) in [6.07, 6.45) is -0.00425. The lowest BCUT2D eigenvalue weighted by Gasteiger charge is -2.27. The minimum Gasteiger partial charge on any atom is -0.326 e. The van der Waals surface area contributed by atoms with E-state index in [1.54, 1.807) is 12.1 Å². The van der Waals surface area contributed by atoms with Crippen molar-refractivity contribution in [3.05, 3.63) is 29.3 Å². The van der Waals surface area contributed by atoms with Gasteiger partial charge < -0.3 is 5.73 Å². The highest BCUT2D eigenvalue weighted by atomic mass is 32.2. The molecule has 20 heavy (non-hydrogen) atoms. The number of thioether (sulfide) groups is 1. The molecule has 2 atom stereocenters. The summed E-state index contributed by atoms with van der Waals surface area (Å²) < 4.78 is 39.4. The molecule has 0 bridgehead atoms. The molecule has 0 saturated heterocycles. The van der Waals surface area contributed by atoms with Crippen LogP contribution in [0.15, 0.2) is 23.1 Å². The Morgan fingerprint density at radius 2 is 2.05 bits per heavy atom. The molecule has 0 radical (unpaired) electrons. The number of rotatable bonds is 3. The smallest absolute Gasteiger partial charge is 0.326 e. The zero-order chi connectivity index (χ0) is 14.8. The van der Waals surface area contributed by atoms with Gasteiger partial charge in [-0.05, 0) is 36.5 Å². The van der Waals surface area contributed by atoms with Gasteiger partial charge in [-0.25, -0.2) is 0 Å². The van der Waals surface area contributed by atoms with Gasteiger partial charge in [-0.2, -0.15) is 13.2 Å². The standard InChI is InChI=1S/C15H20F3NS/c1-10-3-2-4-12(7-10)20-14-6-5-11(9-19)8-13(14)15(16,17)18/h5-6,8,10,12H,2-4,7,9,19H2,1H3. The number of alkyl halides is 3. The molecule has 1 nitrogen and oxygen atoms in total. The van der Waals surface area contributed by atoms with Crippen LogP contribution in [-0.2, 0) is 12.7 Å². The molecule has 1 fully saturated rings. The van der Waals surface area contributed by atoms with Gasteiger partial charge in [-0.1, -0.05) is 25.8 Å². The molecule has 0 amide bonds. The van der Waals surface area contributed by atoms with Gasteiger partial charge in [-0.15, -0.1) is 11.8 Å². The van der Waals surface area contributed by atoms with Crippen molar-refractivity contribution in [3.63, 3.8) is 0 Å². The minimum atomic E-state index is -4.31. The molecule has 1 aromatic carbocycles. The zero-order valence-corrected chi connectivity index (χ0v) is 12.4. The molecule has 0 spiro atoms. The second-order valence-electron chi connectivity index (χ2n) is 5.54. The second-order valence-corrected chi connectivity index (χ2v) is 6.89. The van der Waals surface area contributed by atoms with Gasteiger partial charge in [0.15, 0.2) is 0 Å². The fraction of sp³-hybridized carbons (Fsp3) is 0.600. The summed E-state index contributed by atoms with van der Waals surface area (Å²) in [5.74, 6) is 0.610. The van der Waals surface area contributed by atoms with E-state index in [9.17, 15) is 13.2 Å². The van der Waals surface area contributed by atoms with Gasteiger partial charge in [0, 0.05) is 16.7 Å². The monoisotopic (exact) mass is 303 g/mol. The topological polar surface area (TPSA) is 26.0 Å². The maximum atomic E-state index is 13.1. The average molecular weight is 303 g/mol. The molecule has 2 N–H and O–H groups in total. The number of nitrogens with two attached hydrogens (primary N) is 1. The first-order chi connectivity index (χ1) is 9.40. The Labute approximate surface area is 122 Å². The summed E-state index contributed by atoms with van der Waals surface area (Å²) in [5.41, 5.74) is 5.43. The van der Waals surface area contributed by atoms with Crippen LogP contribution in [0.25, 0.3) is 0 Å². The van der Waals surface area contributed by atoms with E-state index in [0.29, 0.717) is 21.6 Å². The Morgan fingerprint density at radius 3 is 2.65 bits per heavy atom. The van der Waals surface area contributed by atoms with Crippen molar-refractivity contribution in [1.82, 2.24) is 0 Å². The largest absolute Gasteiger partial charge is 0.417 e. The molecule has 0 heterocycles. The molecule has 1 saturated carbocycles. The van der Waals surface area contributed by atoms with Crippen LogP contribution in [0, 0.1) is 5.92 Å². The quantitative estimate of drug-likeness (QED) is 0.865. The first-order valence-electron chi connectivity index (χ1n) is 6.97. The minimum absolute atomic E-state index is 0.133. The fourth-order valence-electron chi connectivity index (χ4n) is 2.69. The summed E-state index contributed by atoms with van der Waals surface area (Å²) in [4.78, 5) is 0.341. The molecule has 1 aliphatic rings. The van der Waals surface area contributed by atoms with Crippen molar-refractivity contribution in [3.8, 4) is 0 Å². The van der Waals surface area contributed by atoms with Crippen molar-refractivity contribution < 1.29 is 13.2 Å². The lowest BCUT2D eigenvalue weighted by atomic mass is 9.91. The third-order valence-electron chi connectivity index (χ3n) is 3.77. The van der Waals surface area contributed by atoms with Crippen molar-refractivity contribution in [1.29, 1.82) is 0 Å². The molecule has 1 aliphatic carbocycles. The van der Waals surface area contributed by atoms with Crippen LogP contribution in [0.3, 0.4) is 0 Å². The SMILES string of the molecule is CC1CCCC(Sc2ccc(CN)cc2C(F)(F)F)C1. The van der Waals surface area contributed by atoms with Crippen LogP contribution in [0.2, 0.25) is 0 Å². The first kappa shape index (κ1) is 15.7. The van der Waals surface area contributed by atoms with Crippen LogP contribution in [-0.4, -0.2) is 5.25 Å². The van der Waals surface area contributed by atoms with Crippen LogP contribution in [0.5, 0.6) is 0 Å². The third-order valence-corrected chi connectivity index (χ3v) is 5.14. The highest BCUT2D eigenvalue weighted by molar-refractivity contribution is 8.00. The van der Waals surface area contributed by atoms with Crippen LogP contribution >= 0.6 is 11.8 Å². The highest BCUT2D eigenvalue weighted by Crippen LogP contribution is 2.42. The van der Waals surface area contributed by atoms with E-state index in [1.165, 1.54) is 24.2 Å². The molecule has 2 unspecified atom stereocenters. The summed E-state index contributed by atoms with van der Waals surface area (Å²) in [6, 6.07) is 4.47. The van der Waals surface area contributed by atoms with Crippen LogP contribution in [0.1, 0.15) is 43.7 Å². The highest BCUT2D eigenvalue weighted by Gasteiger charge is 2.34. The number of hydrogen-bond donors (Lipinski definition) is 1. The molecule has 0 aliphatic heterocycles. The molecule has 5 heteroatoms. The number of hydrogen-bond acceptors (Lipinski definition) is 2. The van der Waals surface area contributed by atoms with E-state index in [0.717, 1.165) is 19.3 Å². The summed E-state index contributed by atoms with van der Waals surface area (Å²) in [6.45, 7) is 2.31. The van der Waals surface area contributed by atoms with Gasteiger partial charge in [0.1, 0.15) is 0 Å². The predicted molar refractivity (Wildman–Crippen MR) is 76.6 cm³/mol. The van der Waals surface area contributed by atoms with E-state index in [2.05, 4.69) is 6.92 Å². The third kappa shape index (κ3) is 3.92. The van der Waals surface area contributed by atoms with Gasteiger partial charge in [-0.3, -0.25) is 0 Å². The van der Waals surface area contributed by atoms with E-state index in [1.807, 2.05) is 0 Å². The van der Waals surface area contributed by atoms with Gasteiger partial charge in [0.25, 0.3) is 0 Å². The maximum absolute atomic E-state index is 13.1. The van der Waals surface area contributed by atoms with Gasteiger partial charge >= 0.3 is 6.18 Å². The Hall–Kier alpha value is -0.680. The van der Waals surface area contributed by atoms with Crippen molar-refractivity contribution >= 4 is 11.8 Å². The Bertz CT molecular complexity index is 459. The number of halogens is 3. The van der Waals surface area contributed by atoms with Crippen LogP contribution in [0.4, 0.5) is 13.2 Å². The Kier molecular flexibility index (Phi) is 5.02. The Balaban J connectivity index is 2.22. The maximum Gasteiger partial charge on any atom is 0.417 e. The second kappa shape index (κ2) is 6.39.